The van der Waals surface area contributed by atoms with Gasteiger partial charge in [0.2, 0.25) is 5.91 Å². The molecule has 7 nitrogen and oxygen atoms in total. The smallest absolute Gasteiger partial charge is 0.236 e. The molecular formula is C18H18BrN5O2S. The lowest BCUT2D eigenvalue weighted by Gasteiger charge is -2.09. The molecule has 1 amide bonds. The molecule has 2 aromatic heterocycles. The predicted molar refractivity (Wildman–Crippen MR) is 109 cm³/mol. The van der Waals surface area contributed by atoms with Crippen molar-refractivity contribution < 1.29 is 9.53 Å². The number of amides is 1. The summed E-state index contributed by atoms with van der Waals surface area (Å²) in [6.07, 6.45) is 1.63. The second kappa shape index (κ2) is 9.01. The maximum Gasteiger partial charge on any atom is 0.236 e. The Kier molecular flexibility index (Phi) is 6.46. The lowest BCUT2D eigenvalue weighted by atomic mass is 10.2. The maximum atomic E-state index is 12.1. The Bertz CT molecular complexity index is 930. The van der Waals surface area contributed by atoms with E-state index in [0.717, 1.165) is 15.8 Å². The van der Waals surface area contributed by atoms with Crippen LogP contribution in [0.5, 0.6) is 5.75 Å². The number of aromatic nitrogens is 4. The molecule has 3 rings (SSSR count). The SMILES string of the molecule is CCOc1ccccc1-c1nnc(SCC(=O)Nc2ccc(Br)cn2)n1C. The molecule has 0 unspecified atom stereocenters. The predicted octanol–water partition coefficient (Wildman–Crippen LogP) is 3.77. The number of para-hydroxylation sites is 1. The van der Waals surface area contributed by atoms with Gasteiger partial charge in [-0.05, 0) is 47.1 Å². The van der Waals surface area contributed by atoms with Gasteiger partial charge in [0.1, 0.15) is 11.6 Å². The normalized spacial score (nSPS) is 10.6. The number of carbonyl (C=O) groups is 1. The number of hydrogen-bond acceptors (Lipinski definition) is 6. The van der Waals surface area contributed by atoms with E-state index in [9.17, 15) is 4.79 Å². The summed E-state index contributed by atoms with van der Waals surface area (Å²) in [6.45, 7) is 2.51. The van der Waals surface area contributed by atoms with E-state index in [1.165, 1.54) is 11.8 Å². The molecule has 9 heteroatoms. The van der Waals surface area contributed by atoms with Crippen LogP contribution in [0.3, 0.4) is 0 Å². The second-order valence-electron chi connectivity index (χ2n) is 5.49. The molecule has 1 aromatic carbocycles. The monoisotopic (exact) mass is 447 g/mol. The van der Waals surface area contributed by atoms with E-state index in [4.69, 9.17) is 4.74 Å². The van der Waals surface area contributed by atoms with E-state index in [1.807, 2.05) is 48.9 Å². The molecule has 0 radical (unpaired) electrons. The lowest BCUT2D eigenvalue weighted by Crippen LogP contribution is -2.15. The standard InChI is InChI=1S/C18H18BrN5O2S/c1-3-26-14-7-5-4-6-13(14)17-22-23-18(24(17)2)27-11-16(25)21-15-9-8-12(19)10-20-15/h4-10H,3,11H2,1-2H3,(H,20,21,25). The summed E-state index contributed by atoms with van der Waals surface area (Å²) in [7, 11) is 1.87. The number of thioether (sulfide) groups is 1. The number of halogens is 1. The number of hydrogen-bond donors (Lipinski definition) is 1. The largest absolute Gasteiger partial charge is 0.493 e. The Labute approximate surface area is 169 Å². The molecule has 3 aromatic rings. The van der Waals surface area contributed by atoms with Crippen molar-refractivity contribution in [3.63, 3.8) is 0 Å². The van der Waals surface area contributed by atoms with E-state index in [0.29, 0.717) is 23.4 Å². The van der Waals surface area contributed by atoms with Crippen molar-refractivity contribution in [1.82, 2.24) is 19.7 Å². The number of ether oxygens (including phenoxy) is 1. The van der Waals surface area contributed by atoms with Crippen molar-refractivity contribution in [2.75, 3.05) is 17.7 Å². The zero-order valence-electron chi connectivity index (χ0n) is 14.8. The van der Waals surface area contributed by atoms with Gasteiger partial charge in [0.15, 0.2) is 11.0 Å². The quantitative estimate of drug-likeness (QED) is 0.555. The molecular weight excluding hydrogens is 430 g/mol. The summed E-state index contributed by atoms with van der Waals surface area (Å²) in [5, 5.41) is 11.9. The molecule has 1 N–H and O–H groups in total. The highest BCUT2D eigenvalue weighted by Gasteiger charge is 2.16. The van der Waals surface area contributed by atoms with Crippen molar-refractivity contribution in [2.24, 2.45) is 7.05 Å². The average molecular weight is 448 g/mol. The average Bonchev–Trinajstić information content (AvgIpc) is 3.03. The number of benzene rings is 1. The topological polar surface area (TPSA) is 81.9 Å². The molecule has 0 spiro atoms. The molecule has 0 aliphatic heterocycles. The van der Waals surface area contributed by atoms with Crippen LogP contribution < -0.4 is 10.1 Å². The third kappa shape index (κ3) is 4.86. The van der Waals surface area contributed by atoms with Crippen molar-refractivity contribution in [3.8, 4) is 17.1 Å². The van der Waals surface area contributed by atoms with Crippen LogP contribution in [0.15, 0.2) is 52.2 Å². The lowest BCUT2D eigenvalue weighted by molar-refractivity contribution is -0.113. The van der Waals surface area contributed by atoms with Crippen LogP contribution in [0.25, 0.3) is 11.4 Å². The Hall–Kier alpha value is -2.39. The molecule has 0 fully saturated rings. The number of anilines is 1. The Morgan fingerprint density at radius 3 is 2.81 bits per heavy atom. The number of carbonyl (C=O) groups excluding carboxylic acids is 1. The van der Waals surface area contributed by atoms with Crippen LogP contribution >= 0.6 is 27.7 Å². The molecule has 0 atom stereocenters. The van der Waals surface area contributed by atoms with Crippen LogP contribution in [-0.4, -0.2) is 38.0 Å². The van der Waals surface area contributed by atoms with Crippen LogP contribution in [0, 0.1) is 0 Å². The minimum absolute atomic E-state index is 0.158. The number of pyridine rings is 1. The van der Waals surface area contributed by atoms with Gasteiger partial charge in [0.25, 0.3) is 0 Å². The van der Waals surface area contributed by atoms with E-state index in [2.05, 4.69) is 36.4 Å². The first-order valence-corrected chi connectivity index (χ1v) is 10.0. The summed E-state index contributed by atoms with van der Waals surface area (Å²) in [6, 6.07) is 11.2. The zero-order valence-corrected chi connectivity index (χ0v) is 17.2. The van der Waals surface area contributed by atoms with Crippen LogP contribution in [0.4, 0.5) is 5.82 Å². The molecule has 2 heterocycles. The van der Waals surface area contributed by atoms with Gasteiger partial charge in [0, 0.05) is 17.7 Å². The molecule has 0 bridgehead atoms. The minimum atomic E-state index is -0.158. The Morgan fingerprint density at radius 2 is 2.07 bits per heavy atom. The second-order valence-corrected chi connectivity index (χ2v) is 7.35. The summed E-state index contributed by atoms with van der Waals surface area (Å²) in [5.41, 5.74) is 0.865. The molecule has 0 saturated carbocycles. The summed E-state index contributed by atoms with van der Waals surface area (Å²) < 4.78 is 8.38. The fourth-order valence-corrected chi connectivity index (χ4v) is 3.31. The van der Waals surface area contributed by atoms with Gasteiger partial charge in [-0.25, -0.2) is 4.98 Å². The van der Waals surface area contributed by atoms with Crippen LogP contribution in [-0.2, 0) is 11.8 Å². The van der Waals surface area contributed by atoms with Crippen molar-refractivity contribution in [1.29, 1.82) is 0 Å². The first-order valence-electron chi connectivity index (χ1n) is 8.24. The van der Waals surface area contributed by atoms with Gasteiger partial charge in [-0.1, -0.05) is 23.9 Å². The zero-order chi connectivity index (χ0) is 19.2. The van der Waals surface area contributed by atoms with Crippen LogP contribution in [0.2, 0.25) is 0 Å². The number of nitrogens with zero attached hydrogens (tertiary/aromatic N) is 4. The van der Waals surface area contributed by atoms with Crippen molar-refractivity contribution in [3.05, 3.63) is 47.1 Å². The van der Waals surface area contributed by atoms with Gasteiger partial charge >= 0.3 is 0 Å². The number of rotatable bonds is 7. The van der Waals surface area contributed by atoms with Gasteiger partial charge in [0.05, 0.1) is 17.9 Å². The molecule has 0 aliphatic carbocycles. The van der Waals surface area contributed by atoms with E-state index in [1.54, 1.807) is 12.3 Å². The van der Waals surface area contributed by atoms with E-state index in [-0.39, 0.29) is 11.7 Å². The molecule has 140 valence electrons. The summed E-state index contributed by atoms with van der Waals surface area (Å²) in [4.78, 5) is 16.3. The van der Waals surface area contributed by atoms with Crippen molar-refractivity contribution >= 4 is 39.4 Å². The molecule has 0 saturated heterocycles. The first kappa shape index (κ1) is 19.4. The Balaban J connectivity index is 1.67. The minimum Gasteiger partial charge on any atom is -0.493 e. The highest BCUT2D eigenvalue weighted by Crippen LogP contribution is 2.30. The third-order valence-electron chi connectivity index (χ3n) is 3.59. The van der Waals surface area contributed by atoms with Crippen LogP contribution in [0.1, 0.15) is 6.92 Å². The maximum absolute atomic E-state index is 12.1. The highest BCUT2D eigenvalue weighted by atomic mass is 79.9. The van der Waals surface area contributed by atoms with Gasteiger partial charge in [-0.2, -0.15) is 0 Å². The first-order chi connectivity index (χ1) is 13.1. The fraction of sp³-hybridized carbons (Fsp3) is 0.222. The third-order valence-corrected chi connectivity index (χ3v) is 5.08. The van der Waals surface area contributed by atoms with E-state index >= 15 is 0 Å². The van der Waals surface area contributed by atoms with Gasteiger partial charge in [-0.3, -0.25) is 4.79 Å². The van der Waals surface area contributed by atoms with E-state index < -0.39 is 0 Å². The van der Waals surface area contributed by atoms with Gasteiger partial charge < -0.3 is 14.6 Å². The highest BCUT2D eigenvalue weighted by molar-refractivity contribution is 9.10. The van der Waals surface area contributed by atoms with Crippen molar-refractivity contribution in [2.45, 2.75) is 12.1 Å². The summed E-state index contributed by atoms with van der Waals surface area (Å²) >= 11 is 4.62. The van der Waals surface area contributed by atoms with Gasteiger partial charge in [-0.15, -0.1) is 10.2 Å². The molecule has 0 aliphatic rings. The number of nitrogens with one attached hydrogen (secondary N) is 1. The fourth-order valence-electron chi connectivity index (χ4n) is 2.37. The Morgan fingerprint density at radius 1 is 1.26 bits per heavy atom. The molecule has 27 heavy (non-hydrogen) atoms. The summed E-state index contributed by atoms with van der Waals surface area (Å²) in [5.74, 6) is 2.00.